The lowest BCUT2D eigenvalue weighted by Crippen LogP contribution is -2.40. The average molecular weight is 208 g/mol. The summed E-state index contributed by atoms with van der Waals surface area (Å²) in [4.78, 5) is 11.9. The fraction of sp³-hybridized carbons (Fsp3) is 0.917. The summed E-state index contributed by atoms with van der Waals surface area (Å²) in [6.45, 7) is 4.21. The van der Waals surface area contributed by atoms with Gasteiger partial charge in [-0.05, 0) is 24.7 Å². The fourth-order valence-electron chi connectivity index (χ4n) is 4.60. The lowest BCUT2D eigenvalue weighted by molar-refractivity contribution is -0.235. The van der Waals surface area contributed by atoms with Crippen molar-refractivity contribution >= 4 is 5.97 Å². The topological polar surface area (TPSA) is 35.5 Å². The van der Waals surface area contributed by atoms with E-state index < -0.39 is 5.79 Å². The van der Waals surface area contributed by atoms with Crippen molar-refractivity contribution < 1.29 is 14.3 Å². The Labute approximate surface area is 89.1 Å². The fourth-order valence-corrected chi connectivity index (χ4v) is 4.60. The molecule has 0 radical (unpaired) electrons. The number of hydrogen-bond donors (Lipinski definition) is 0. The summed E-state index contributed by atoms with van der Waals surface area (Å²) in [5.74, 6) is 1.43. The second-order valence-corrected chi connectivity index (χ2v) is 5.90. The lowest BCUT2D eigenvalue weighted by atomic mass is 9.76. The van der Waals surface area contributed by atoms with E-state index in [0.717, 1.165) is 6.42 Å². The minimum Gasteiger partial charge on any atom is -0.432 e. The maximum absolute atomic E-state index is 11.9. The van der Waals surface area contributed by atoms with Gasteiger partial charge in [-0.25, -0.2) is 0 Å². The van der Waals surface area contributed by atoms with Gasteiger partial charge in [-0.15, -0.1) is 0 Å². The molecule has 0 aromatic carbocycles. The average Bonchev–Trinajstić information content (AvgIpc) is 2.76. The van der Waals surface area contributed by atoms with E-state index in [0.29, 0.717) is 23.9 Å². The smallest absolute Gasteiger partial charge is 0.312 e. The Hall–Kier alpha value is -0.570. The summed E-state index contributed by atoms with van der Waals surface area (Å²) in [7, 11) is 0. The molecule has 15 heavy (non-hydrogen) atoms. The normalized spacial score (nSPS) is 59.4. The van der Waals surface area contributed by atoms with Crippen LogP contribution in [0.3, 0.4) is 0 Å². The van der Waals surface area contributed by atoms with Crippen molar-refractivity contribution in [3.63, 3.8) is 0 Å². The van der Waals surface area contributed by atoms with Crippen molar-refractivity contribution in [2.75, 3.05) is 0 Å². The van der Waals surface area contributed by atoms with Crippen molar-refractivity contribution in [1.82, 2.24) is 0 Å². The zero-order valence-electron chi connectivity index (χ0n) is 9.10. The Bertz CT molecular complexity index is 349. The Balaban J connectivity index is 1.88. The van der Waals surface area contributed by atoms with Gasteiger partial charge in [0, 0.05) is 11.8 Å². The quantitative estimate of drug-likeness (QED) is 0.613. The van der Waals surface area contributed by atoms with Crippen molar-refractivity contribution in [2.24, 2.45) is 29.6 Å². The van der Waals surface area contributed by atoms with Crippen LogP contribution >= 0.6 is 0 Å². The molecule has 2 saturated carbocycles. The van der Waals surface area contributed by atoms with Crippen LogP contribution in [0.25, 0.3) is 0 Å². The Morgan fingerprint density at radius 3 is 2.93 bits per heavy atom. The molecule has 3 heteroatoms. The van der Waals surface area contributed by atoms with E-state index in [2.05, 4.69) is 13.8 Å². The highest BCUT2D eigenvalue weighted by Gasteiger charge is 2.75. The molecule has 4 aliphatic rings. The number of carbonyl (C=O) groups excluding carboxylic acids is 1. The van der Waals surface area contributed by atoms with E-state index >= 15 is 0 Å². The van der Waals surface area contributed by atoms with Gasteiger partial charge in [-0.2, -0.15) is 0 Å². The van der Waals surface area contributed by atoms with Gasteiger partial charge in [0.25, 0.3) is 0 Å². The van der Waals surface area contributed by atoms with Crippen LogP contribution in [0.1, 0.15) is 26.7 Å². The van der Waals surface area contributed by atoms with Crippen LogP contribution < -0.4 is 0 Å². The predicted octanol–water partition coefficient (Wildman–Crippen LogP) is 1.57. The molecule has 0 unspecified atom stereocenters. The van der Waals surface area contributed by atoms with E-state index in [1.165, 1.54) is 6.42 Å². The summed E-state index contributed by atoms with van der Waals surface area (Å²) < 4.78 is 11.7. The van der Waals surface area contributed by atoms with E-state index in [1.54, 1.807) is 0 Å². The lowest BCUT2D eigenvalue weighted by Gasteiger charge is -2.31. The number of rotatable bonds is 1. The van der Waals surface area contributed by atoms with Gasteiger partial charge in [0.2, 0.25) is 5.79 Å². The first-order valence-electron chi connectivity index (χ1n) is 6.04. The van der Waals surface area contributed by atoms with Crippen molar-refractivity contribution in [3.8, 4) is 0 Å². The molecule has 2 aliphatic carbocycles. The summed E-state index contributed by atoms with van der Waals surface area (Å²) in [5, 5.41) is 0. The Morgan fingerprint density at radius 2 is 2.20 bits per heavy atom. The Kier molecular flexibility index (Phi) is 1.28. The third kappa shape index (κ3) is 0.718. The molecule has 0 aromatic heterocycles. The second kappa shape index (κ2) is 2.24. The van der Waals surface area contributed by atoms with Gasteiger partial charge < -0.3 is 9.47 Å². The molecule has 0 amide bonds. The molecule has 2 aliphatic heterocycles. The molecular weight excluding hydrogens is 192 g/mol. The number of fused-ring (bicyclic) bond motifs is 2. The van der Waals surface area contributed by atoms with Crippen LogP contribution in [0, 0.1) is 29.6 Å². The van der Waals surface area contributed by atoms with Crippen LogP contribution in [0.4, 0.5) is 0 Å². The molecule has 2 heterocycles. The SMILES string of the molecule is CC(C)[C@]12OC(=O)[C@@H]3[C@@H]4C[C@H]([C@H]31)[C@@H](C4)O2. The minimum absolute atomic E-state index is 0.0133. The highest BCUT2D eigenvalue weighted by atomic mass is 16.7. The van der Waals surface area contributed by atoms with Crippen LogP contribution in [0.2, 0.25) is 0 Å². The monoisotopic (exact) mass is 208 g/mol. The molecule has 0 N–H and O–H groups in total. The van der Waals surface area contributed by atoms with E-state index in [9.17, 15) is 4.79 Å². The highest BCUT2D eigenvalue weighted by molar-refractivity contribution is 5.77. The zero-order chi connectivity index (χ0) is 10.4. The van der Waals surface area contributed by atoms with E-state index in [-0.39, 0.29) is 17.8 Å². The molecule has 4 fully saturated rings. The molecule has 2 bridgehead atoms. The summed E-state index contributed by atoms with van der Waals surface area (Å²) in [6, 6.07) is 0. The third-order valence-electron chi connectivity index (χ3n) is 5.08. The molecule has 4 rings (SSSR count). The molecular formula is C12H16O3. The van der Waals surface area contributed by atoms with Crippen LogP contribution in [-0.4, -0.2) is 17.9 Å². The first kappa shape index (κ1) is 8.57. The largest absolute Gasteiger partial charge is 0.432 e. The van der Waals surface area contributed by atoms with Crippen LogP contribution in [-0.2, 0) is 14.3 Å². The van der Waals surface area contributed by atoms with Gasteiger partial charge in [0.1, 0.15) is 0 Å². The molecule has 0 aromatic rings. The zero-order valence-corrected chi connectivity index (χ0v) is 9.10. The Morgan fingerprint density at radius 1 is 1.40 bits per heavy atom. The van der Waals surface area contributed by atoms with Gasteiger partial charge in [-0.3, -0.25) is 4.79 Å². The van der Waals surface area contributed by atoms with Gasteiger partial charge in [0.15, 0.2) is 0 Å². The standard InChI is InChI=1S/C12H16O3/c1-5(2)12-10-7-3-6(4-8(7)14-12)9(10)11(13)15-12/h5-10H,3-4H2,1-2H3/t6-,7+,8-,9-,10-,12+/m1/s1. The number of ether oxygens (including phenoxy) is 2. The summed E-state index contributed by atoms with van der Waals surface area (Å²) in [6.07, 6.45) is 2.67. The van der Waals surface area contributed by atoms with E-state index in [1.807, 2.05) is 0 Å². The van der Waals surface area contributed by atoms with Crippen molar-refractivity contribution in [1.29, 1.82) is 0 Å². The molecule has 3 nitrogen and oxygen atoms in total. The maximum Gasteiger partial charge on any atom is 0.312 e. The first-order valence-corrected chi connectivity index (χ1v) is 6.04. The van der Waals surface area contributed by atoms with Crippen molar-refractivity contribution in [2.45, 2.75) is 38.6 Å². The minimum atomic E-state index is -0.553. The van der Waals surface area contributed by atoms with Crippen LogP contribution in [0.5, 0.6) is 0 Å². The summed E-state index contributed by atoms with van der Waals surface area (Å²) >= 11 is 0. The third-order valence-corrected chi connectivity index (χ3v) is 5.08. The van der Waals surface area contributed by atoms with Crippen molar-refractivity contribution in [3.05, 3.63) is 0 Å². The number of esters is 1. The molecule has 82 valence electrons. The second-order valence-electron chi connectivity index (χ2n) is 5.90. The predicted molar refractivity (Wildman–Crippen MR) is 51.7 cm³/mol. The molecule has 2 saturated heterocycles. The van der Waals surface area contributed by atoms with Gasteiger partial charge >= 0.3 is 5.97 Å². The van der Waals surface area contributed by atoms with E-state index in [4.69, 9.17) is 9.47 Å². The maximum atomic E-state index is 11.9. The number of hydrogen-bond acceptors (Lipinski definition) is 3. The molecule has 6 atom stereocenters. The van der Waals surface area contributed by atoms with Gasteiger partial charge in [-0.1, -0.05) is 13.8 Å². The van der Waals surface area contributed by atoms with Gasteiger partial charge in [0.05, 0.1) is 12.0 Å². The number of carbonyl (C=O) groups is 1. The summed E-state index contributed by atoms with van der Waals surface area (Å²) in [5.41, 5.74) is 0. The highest BCUT2D eigenvalue weighted by Crippen LogP contribution is 2.68. The van der Waals surface area contributed by atoms with Crippen LogP contribution in [0.15, 0.2) is 0 Å². The molecule has 0 spiro atoms. The first-order chi connectivity index (χ1) is 7.13.